The number of rotatable bonds is 3. The van der Waals surface area contributed by atoms with Gasteiger partial charge in [-0.2, -0.15) is 0 Å². The summed E-state index contributed by atoms with van der Waals surface area (Å²) < 4.78 is 0. The van der Waals surface area contributed by atoms with Crippen molar-refractivity contribution < 1.29 is 4.79 Å². The van der Waals surface area contributed by atoms with Gasteiger partial charge in [0.2, 0.25) is 5.91 Å². The topological polar surface area (TPSA) is 42.0 Å². The van der Waals surface area contributed by atoms with E-state index in [2.05, 4.69) is 26.2 Å². The molecule has 1 heterocycles. The first kappa shape index (κ1) is 11.2. The number of hydrogen-bond acceptors (Lipinski definition) is 2. The molecule has 76 valence electrons. The number of nitrogens with one attached hydrogen (secondary N) is 1. The molecule has 0 radical (unpaired) electrons. The number of amides is 1. The van der Waals surface area contributed by atoms with Gasteiger partial charge >= 0.3 is 0 Å². The lowest BCUT2D eigenvalue weighted by Gasteiger charge is -2.06. The van der Waals surface area contributed by atoms with E-state index in [9.17, 15) is 4.79 Å². The molecule has 1 aromatic rings. The summed E-state index contributed by atoms with van der Waals surface area (Å²) >= 11 is 3.20. The third-order valence-electron chi connectivity index (χ3n) is 1.79. The number of alkyl halides is 1. The van der Waals surface area contributed by atoms with Gasteiger partial charge in [-0.15, -0.1) is 0 Å². The van der Waals surface area contributed by atoms with E-state index in [1.165, 1.54) is 0 Å². The van der Waals surface area contributed by atoms with Crippen LogP contribution in [-0.4, -0.2) is 15.7 Å². The van der Waals surface area contributed by atoms with E-state index in [0.717, 1.165) is 11.3 Å². The summed E-state index contributed by atoms with van der Waals surface area (Å²) in [5.41, 5.74) is 2.03. The maximum atomic E-state index is 11.2. The maximum Gasteiger partial charge on any atom is 0.233 e. The Hall–Kier alpha value is -0.900. The predicted molar refractivity (Wildman–Crippen MR) is 59.2 cm³/mol. The molecule has 0 saturated carbocycles. The zero-order chi connectivity index (χ0) is 10.6. The van der Waals surface area contributed by atoms with Crippen LogP contribution in [0.25, 0.3) is 0 Å². The highest BCUT2D eigenvalue weighted by Gasteiger charge is 2.07. The van der Waals surface area contributed by atoms with Crippen LogP contribution in [0.1, 0.15) is 18.2 Å². The highest BCUT2D eigenvalue weighted by Crippen LogP contribution is 2.01. The second-order valence-corrected chi connectivity index (χ2v) is 4.51. The van der Waals surface area contributed by atoms with E-state index in [-0.39, 0.29) is 10.7 Å². The van der Waals surface area contributed by atoms with Crippen molar-refractivity contribution in [2.45, 2.75) is 25.2 Å². The van der Waals surface area contributed by atoms with Crippen LogP contribution in [0.2, 0.25) is 0 Å². The van der Waals surface area contributed by atoms with Crippen LogP contribution in [0.15, 0.2) is 18.3 Å². The van der Waals surface area contributed by atoms with Gasteiger partial charge in [0.05, 0.1) is 4.83 Å². The Morgan fingerprint density at radius 3 is 3.00 bits per heavy atom. The Balaban J connectivity index is 2.50. The number of carbonyl (C=O) groups is 1. The van der Waals surface area contributed by atoms with Crippen molar-refractivity contribution in [2.75, 3.05) is 0 Å². The van der Waals surface area contributed by atoms with E-state index >= 15 is 0 Å². The van der Waals surface area contributed by atoms with Crippen molar-refractivity contribution in [1.29, 1.82) is 0 Å². The van der Waals surface area contributed by atoms with Gasteiger partial charge < -0.3 is 5.32 Å². The summed E-state index contributed by atoms with van der Waals surface area (Å²) in [6, 6.07) is 3.85. The second kappa shape index (κ2) is 5.10. The zero-order valence-corrected chi connectivity index (χ0v) is 9.84. The minimum absolute atomic E-state index is 0.000495. The summed E-state index contributed by atoms with van der Waals surface area (Å²) in [7, 11) is 0. The number of halogens is 1. The van der Waals surface area contributed by atoms with Crippen LogP contribution in [0.3, 0.4) is 0 Å². The number of carbonyl (C=O) groups excluding carboxylic acids is 1. The number of nitrogens with zero attached hydrogens (tertiary/aromatic N) is 1. The van der Waals surface area contributed by atoms with Crippen LogP contribution in [0.4, 0.5) is 0 Å². The molecule has 1 aromatic heterocycles. The molecule has 1 N–H and O–H groups in total. The Morgan fingerprint density at radius 1 is 1.71 bits per heavy atom. The van der Waals surface area contributed by atoms with Gasteiger partial charge in [-0.3, -0.25) is 9.78 Å². The third-order valence-corrected chi connectivity index (χ3v) is 2.20. The molecule has 0 saturated heterocycles. The summed E-state index contributed by atoms with van der Waals surface area (Å²) in [4.78, 5) is 15.2. The molecule has 4 heteroatoms. The van der Waals surface area contributed by atoms with Gasteiger partial charge in [-0.05, 0) is 31.5 Å². The molecule has 1 rings (SSSR count). The fraction of sp³-hybridized carbons (Fsp3) is 0.400. The molecule has 0 aliphatic rings. The van der Waals surface area contributed by atoms with Crippen molar-refractivity contribution in [3.8, 4) is 0 Å². The highest BCUT2D eigenvalue weighted by atomic mass is 79.9. The van der Waals surface area contributed by atoms with E-state index in [0.29, 0.717) is 6.54 Å². The van der Waals surface area contributed by atoms with Gasteiger partial charge in [-0.1, -0.05) is 15.9 Å². The lowest BCUT2D eigenvalue weighted by molar-refractivity contribution is -0.120. The summed E-state index contributed by atoms with van der Waals surface area (Å²) in [6.45, 7) is 4.28. The van der Waals surface area contributed by atoms with Crippen LogP contribution >= 0.6 is 15.9 Å². The largest absolute Gasteiger partial charge is 0.351 e. The van der Waals surface area contributed by atoms with Gasteiger partial charge in [0.25, 0.3) is 0 Å². The molecule has 14 heavy (non-hydrogen) atoms. The van der Waals surface area contributed by atoms with E-state index < -0.39 is 0 Å². The molecule has 3 nitrogen and oxygen atoms in total. The number of hydrogen-bond donors (Lipinski definition) is 1. The summed E-state index contributed by atoms with van der Waals surface area (Å²) in [5, 5.41) is 2.81. The van der Waals surface area contributed by atoms with Crippen LogP contribution in [-0.2, 0) is 11.3 Å². The van der Waals surface area contributed by atoms with Crippen LogP contribution < -0.4 is 5.32 Å². The number of pyridine rings is 1. The number of aryl methyl sites for hydroxylation is 1. The summed E-state index contributed by atoms with van der Waals surface area (Å²) in [5.74, 6) is -0.000495. The van der Waals surface area contributed by atoms with Crippen LogP contribution in [0.5, 0.6) is 0 Å². The molecule has 0 bridgehead atoms. The molecule has 0 fully saturated rings. The first-order chi connectivity index (χ1) is 6.59. The smallest absolute Gasteiger partial charge is 0.233 e. The maximum absolute atomic E-state index is 11.2. The average Bonchev–Trinajstić information content (AvgIpc) is 2.14. The fourth-order valence-corrected chi connectivity index (χ4v) is 1.21. The molecule has 0 spiro atoms. The van der Waals surface area contributed by atoms with Crippen molar-refractivity contribution in [3.63, 3.8) is 0 Å². The molecule has 1 atom stereocenters. The minimum atomic E-state index is -0.148. The Bertz CT molecular complexity index is 326. The first-order valence-corrected chi connectivity index (χ1v) is 5.34. The van der Waals surface area contributed by atoms with Gasteiger partial charge in [0.1, 0.15) is 0 Å². The van der Waals surface area contributed by atoms with E-state index in [1.807, 2.05) is 19.1 Å². The molecule has 1 unspecified atom stereocenters. The first-order valence-electron chi connectivity index (χ1n) is 4.43. The Kier molecular flexibility index (Phi) is 4.07. The Labute approximate surface area is 92.1 Å². The molecule has 0 aromatic carbocycles. The summed E-state index contributed by atoms with van der Waals surface area (Å²) in [6.07, 6.45) is 1.74. The minimum Gasteiger partial charge on any atom is -0.351 e. The van der Waals surface area contributed by atoms with Gasteiger partial charge in [0, 0.05) is 18.4 Å². The lowest BCUT2D eigenvalue weighted by atomic mass is 10.2. The standard InChI is InChI=1S/C10H13BrN2O/c1-7-5-9(3-4-12-7)6-13-10(14)8(2)11/h3-5,8H,6H2,1-2H3,(H,13,14). The lowest BCUT2D eigenvalue weighted by Crippen LogP contribution is -2.28. The highest BCUT2D eigenvalue weighted by molar-refractivity contribution is 9.10. The van der Waals surface area contributed by atoms with Crippen molar-refractivity contribution in [2.24, 2.45) is 0 Å². The second-order valence-electron chi connectivity index (χ2n) is 3.14. The predicted octanol–water partition coefficient (Wildman–Crippen LogP) is 1.79. The monoisotopic (exact) mass is 256 g/mol. The van der Waals surface area contributed by atoms with Crippen molar-refractivity contribution >= 4 is 21.8 Å². The van der Waals surface area contributed by atoms with Crippen molar-refractivity contribution in [1.82, 2.24) is 10.3 Å². The van der Waals surface area contributed by atoms with E-state index in [1.54, 1.807) is 13.1 Å². The van der Waals surface area contributed by atoms with Crippen molar-refractivity contribution in [3.05, 3.63) is 29.6 Å². The zero-order valence-electron chi connectivity index (χ0n) is 8.25. The molecular weight excluding hydrogens is 244 g/mol. The fourth-order valence-electron chi connectivity index (χ4n) is 1.04. The Morgan fingerprint density at radius 2 is 2.43 bits per heavy atom. The quantitative estimate of drug-likeness (QED) is 0.839. The molecule has 1 amide bonds. The number of aromatic nitrogens is 1. The molecule has 0 aliphatic heterocycles. The average molecular weight is 257 g/mol. The van der Waals surface area contributed by atoms with Gasteiger partial charge in [0.15, 0.2) is 0 Å². The van der Waals surface area contributed by atoms with Crippen LogP contribution in [0, 0.1) is 6.92 Å². The molecule has 0 aliphatic carbocycles. The normalized spacial score (nSPS) is 12.2. The molecular formula is C10H13BrN2O. The van der Waals surface area contributed by atoms with E-state index in [4.69, 9.17) is 0 Å². The van der Waals surface area contributed by atoms with Gasteiger partial charge in [-0.25, -0.2) is 0 Å². The SMILES string of the molecule is Cc1cc(CNC(=O)C(C)Br)ccn1. The third kappa shape index (κ3) is 3.46.